The molecule has 0 saturated carbocycles. The van der Waals surface area contributed by atoms with Crippen LogP contribution in [0.2, 0.25) is 0 Å². The number of nitro benzene ring substituents is 1. The average molecular weight is 701 g/mol. The second kappa shape index (κ2) is 12.8. The van der Waals surface area contributed by atoms with Crippen molar-refractivity contribution in [2.24, 2.45) is 5.92 Å². The van der Waals surface area contributed by atoms with Gasteiger partial charge in [-0.2, -0.15) is 13.2 Å². The van der Waals surface area contributed by atoms with Crippen molar-refractivity contribution in [3.63, 3.8) is 0 Å². The van der Waals surface area contributed by atoms with Crippen molar-refractivity contribution in [2.45, 2.75) is 29.3 Å². The van der Waals surface area contributed by atoms with E-state index >= 15 is 0 Å². The van der Waals surface area contributed by atoms with Crippen LogP contribution in [-0.4, -0.2) is 46.1 Å². The van der Waals surface area contributed by atoms with E-state index in [1.54, 1.807) is 19.1 Å². The average Bonchev–Trinajstić information content (AvgIpc) is 3.54. The van der Waals surface area contributed by atoms with Crippen molar-refractivity contribution < 1.29 is 42.0 Å². The first-order valence-electron chi connectivity index (χ1n) is 14.2. The molecule has 6 rings (SSSR count). The Labute approximate surface area is 277 Å². The normalized spacial score (nSPS) is 18.7. The van der Waals surface area contributed by atoms with Crippen molar-refractivity contribution in [1.82, 2.24) is 4.98 Å². The zero-order valence-corrected chi connectivity index (χ0v) is 26.2. The Morgan fingerprint density at radius 3 is 2.44 bits per heavy atom. The molecule has 4 aromatic rings. The number of nitro groups is 1. The maximum Gasteiger partial charge on any atom is 0.418 e. The number of hydrogen-bond donors (Lipinski definition) is 2. The minimum Gasteiger partial charge on any atom is -0.490 e. The minimum atomic E-state index is -4.68. The molecule has 3 heterocycles. The van der Waals surface area contributed by atoms with Gasteiger partial charge in [0.15, 0.2) is 18.1 Å². The minimum absolute atomic E-state index is 0.0883. The summed E-state index contributed by atoms with van der Waals surface area (Å²) in [7, 11) is 0. The first-order valence-corrected chi connectivity index (χ1v) is 15.9. The number of thiazole rings is 1. The zero-order valence-electron chi connectivity index (χ0n) is 24.6. The fourth-order valence-electron chi connectivity index (χ4n) is 5.63. The van der Waals surface area contributed by atoms with Gasteiger partial charge >= 0.3 is 11.0 Å². The summed E-state index contributed by atoms with van der Waals surface area (Å²) in [6.07, 6.45) is -4.68. The van der Waals surface area contributed by atoms with Gasteiger partial charge in [-0.1, -0.05) is 41.3 Å². The van der Waals surface area contributed by atoms with Gasteiger partial charge in [0.25, 0.3) is 11.6 Å². The molecule has 3 amide bonds. The van der Waals surface area contributed by atoms with Crippen LogP contribution in [0.1, 0.15) is 28.8 Å². The summed E-state index contributed by atoms with van der Waals surface area (Å²) >= 11 is 1.96. The van der Waals surface area contributed by atoms with Crippen molar-refractivity contribution >= 4 is 57.9 Å². The van der Waals surface area contributed by atoms with Gasteiger partial charge in [0.05, 0.1) is 39.4 Å². The largest absolute Gasteiger partial charge is 0.490 e. The molecule has 12 nitrogen and oxygen atoms in total. The number of aromatic amines is 1. The number of carbonyl (C=O) groups excluding carboxylic acids is 3. The van der Waals surface area contributed by atoms with Crippen molar-refractivity contribution in [1.29, 1.82) is 0 Å². The van der Waals surface area contributed by atoms with Gasteiger partial charge in [-0.15, -0.1) is 0 Å². The number of benzene rings is 3. The molecule has 2 aliphatic rings. The number of hydrogen-bond acceptors (Lipinski definition) is 10. The van der Waals surface area contributed by atoms with E-state index in [9.17, 15) is 42.5 Å². The molecule has 17 heteroatoms. The van der Waals surface area contributed by atoms with Crippen LogP contribution in [0.15, 0.2) is 76.6 Å². The summed E-state index contributed by atoms with van der Waals surface area (Å²) in [6, 6.07) is 14.2. The molecule has 2 N–H and O–H groups in total. The highest BCUT2D eigenvalue weighted by Crippen LogP contribution is 2.54. The second-order valence-electron chi connectivity index (χ2n) is 10.6. The number of halogens is 3. The molecule has 2 aliphatic heterocycles. The number of para-hydroxylation sites is 1. The number of ether oxygens (including phenoxy) is 2. The number of carbonyl (C=O) groups is 3. The van der Waals surface area contributed by atoms with E-state index in [1.807, 2.05) is 0 Å². The van der Waals surface area contributed by atoms with E-state index in [0.717, 1.165) is 40.1 Å². The Morgan fingerprint density at radius 1 is 1.02 bits per heavy atom. The second-order valence-corrected chi connectivity index (χ2v) is 12.7. The Kier molecular flexibility index (Phi) is 8.74. The van der Waals surface area contributed by atoms with Crippen LogP contribution < -0.4 is 24.6 Å². The Balaban J connectivity index is 1.29. The van der Waals surface area contributed by atoms with Crippen LogP contribution in [0.4, 0.5) is 30.2 Å². The molecule has 248 valence electrons. The maximum absolute atomic E-state index is 14.0. The van der Waals surface area contributed by atoms with E-state index in [1.165, 1.54) is 42.5 Å². The lowest BCUT2D eigenvalue weighted by molar-refractivity contribution is -0.384. The molecule has 48 heavy (non-hydrogen) atoms. The quantitative estimate of drug-likeness (QED) is 0.129. The third-order valence-corrected chi connectivity index (χ3v) is 10.0. The predicted octanol–water partition coefficient (Wildman–Crippen LogP) is 5.58. The maximum atomic E-state index is 14.0. The topological polar surface area (TPSA) is 161 Å². The highest BCUT2D eigenvalue weighted by atomic mass is 32.2. The molecule has 0 aliphatic carbocycles. The number of fused-ring (bicyclic) bond motifs is 2. The molecule has 3 aromatic carbocycles. The van der Waals surface area contributed by atoms with Crippen molar-refractivity contribution in [3.05, 3.63) is 103 Å². The number of H-pyrrole nitrogens is 1. The summed E-state index contributed by atoms with van der Waals surface area (Å²) in [4.78, 5) is 67.1. The molecule has 3 atom stereocenters. The summed E-state index contributed by atoms with van der Waals surface area (Å²) in [5, 5.41) is 12.8. The molecule has 1 saturated heterocycles. The van der Waals surface area contributed by atoms with Gasteiger partial charge in [-0.05, 0) is 48.9 Å². The SMILES string of the molecule is CCOc1cc([C@@H]2c3sc(=O)[nH]c3S[C@H]3C(=O)N(c4ccc([N+](=O)[O-])cc4)C(=O)[C@@H]23)ccc1OCC(=O)Nc1ccccc1C(F)(F)F. The number of thioether (sulfide) groups is 1. The number of anilines is 2. The van der Waals surface area contributed by atoms with Crippen LogP contribution >= 0.6 is 23.1 Å². The van der Waals surface area contributed by atoms with Crippen molar-refractivity contribution in [3.8, 4) is 11.5 Å². The van der Waals surface area contributed by atoms with Gasteiger partial charge < -0.3 is 19.8 Å². The first-order chi connectivity index (χ1) is 22.9. The smallest absolute Gasteiger partial charge is 0.418 e. The summed E-state index contributed by atoms with van der Waals surface area (Å²) in [5.74, 6) is -3.46. The third kappa shape index (κ3) is 6.13. The highest BCUT2D eigenvalue weighted by molar-refractivity contribution is 8.00. The summed E-state index contributed by atoms with van der Waals surface area (Å²) < 4.78 is 51.5. The van der Waals surface area contributed by atoms with E-state index in [-0.39, 0.29) is 34.4 Å². The Bertz CT molecular complexity index is 2000. The number of imide groups is 1. The van der Waals surface area contributed by atoms with Crippen LogP contribution in [-0.2, 0) is 20.6 Å². The van der Waals surface area contributed by atoms with E-state index in [2.05, 4.69) is 10.3 Å². The van der Waals surface area contributed by atoms with Crippen LogP contribution in [0.5, 0.6) is 11.5 Å². The summed E-state index contributed by atoms with van der Waals surface area (Å²) in [5.41, 5.74) is -0.996. The standard InChI is InChI=1S/C31H23F3N4O8S2/c1-2-45-21-13-15(7-12-20(21)46-14-22(39)35-19-6-4-3-5-18(19)31(32,33)34)23-24-26(47-27-25(23)48-30(42)36-27)29(41)37(28(24)40)16-8-10-17(11-9-16)38(43)44/h3-13,23-24,26H,2,14H2,1H3,(H,35,39)(H,36,42)/t23-,24-,26+/m0/s1. The zero-order chi connectivity index (χ0) is 34.3. The lowest BCUT2D eigenvalue weighted by atomic mass is 9.83. The summed E-state index contributed by atoms with van der Waals surface area (Å²) in [6.45, 7) is 1.20. The lowest BCUT2D eigenvalue weighted by Gasteiger charge is -2.30. The van der Waals surface area contributed by atoms with Crippen LogP contribution in [0.3, 0.4) is 0 Å². The number of amides is 3. The number of non-ortho nitro benzene ring substituents is 1. The monoisotopic (exact) mass is 700 g/mol. The van der Waals surface area contributed by atoms with Gasteiger partial charge in [0, 0.05) is 22.9 Å². The number of alkyl halides is 3. The van der Waals surface area contributed by atoms with Crippen LogP contribution in [0, 0.1) is 16.0 Å². The molecule has 0 bridgehead atoms. The lowest BCUT2D eigenvalue weighted by Crippen LogP contribution is -2.32. The fraction of sp³-hybridized carbons (Fsp3) is 0.226. The molecule has 1 aromatic heterocycles. The van der Waals surface area contributed by atoms with E-state index in [0.29, 0.717) is 15.5 Å². The predicted molar refractivity (Wildman–Crippen MR) is 169 cm³/mol. The Morgan fingerprint density at radius 2 is 1.75 bits per heavy atom. The molecular formula is C31H23F3N4O8S2. The van der Waals surface area contributed by atoms with Gasteiger partial charge in [-0.3, -0.25) is 29.3 Å². The highest BCUT2D eigenvalue weighted by Gasteiger charge is 2.56. The first kappa shape index (κ1) is 32.8. The van der Waals surface area contributed by atoms with Gasteiger partial charge in [0.1, 0.15) is 5.25 Å². The number of nitrogens with one attached hydrogen (secondary N) is 2. The molecule has 0 unspecified atom stereocenters. The number of aromatic nitrogens is 1. The fourth-order valence-corrected chi connectivity index (χ4v) is 8.14. The molecule has 0 spiro atoms. The van der Waals surface area contributed by atoms with Gasteiger partial charge in [0.2, 0.25) is 11.8 Å². The van der Waals surface area contributed by atoms with Crippen molar-refractivity contribution in [2.75, 3.05) is 23.4 Å². The molecule has 1 fully saturated rings. The van der Waals surface area contributed by atoms with Crippen LogP contribution in [0.25, 0.3) is 0 Å². The number of nitrogens with zero attached hydrogens (tertiary/aromatic N) is 2. The van der Waals surface area contributed by atoms with E-state index in [4.69, 9.17) is 9.47 Å². The number of rotatable bonds is 9. The molecule has 0 radical (unpaired) electrons. The Hall–Kier alpha value is -5.16. The van der Waals surface area contributed by atoms with E-state index < -0.39 is 63.8 Å². The molecular weight excluding hydrogens is 677 g/mol. The third-order valence-electron chi connectivity index (χ3n) is 7.63. The van der Waals surface area contributed by atoms with Gasteiger partial charge in [-0.25, -0.2) is 4.90 Å².